The minimum absolute atomic E-state index is 0.0977. The Balaban J connectivity index is 2.00. The number of amides is 1. The van der Waals surface area contributed by atoms with Gasteiger partial charge in [-0.2, -0.15) is 0 Å². The van der Waals surface area contributed by atoms with Crippen molar-refractivity contribution in [3.05, 3.63) is 18.2 Å². The molecule has 0 fully saturated rings. The molecule has 19 heavy (non-hydrogen) atoms. The monoisotopic (exact) mass is 263 g/mol. The minimum Gasteiger partial charge on any atom is -0.482 e. The minimum atomic E-state index is -0.103. The molecule has 2 rings (SSSR count). The van der Waals surface area contributed by atoms with Crippen LogP contribution in [0.3, 0.4) is 0 Å². The van der Waals surface area contributed by atoms with E-state index in [9.17, 15) is 4.79 Å². The van der Waals surface area contributed by atoms with Crippen molar-refractivity contribution < 1.29 is 9.53 Å². The fourth-order valence-electron chi connectivity index (χ4n) is 1.96. The van der Waals surface area contributed by atoms with E-state index in [0.29, 0.717) is 6.04 Å². The molecule has 2 N–H and O–H groups in total. The van der Waals surface area contributed by atoms with Gasteiger partial charge < -0.3 is 20.3 Å². The number of carbonyl (C=O) groups is 1. The molecule has 1 aliphatic rings. The van der Waals surface area contributed by atoms with Gasteiger partial charge in [0, 0.05) is 31.9 Å². The number of ether oxygens (including phenoxy) is 1. The molecule has 0 saturated heterocycles. The van der Waals surface area contributed by atoms with Crippen molar-refractivity contribution in [1.82, 2.24) is 5.32 Å². The predicted octanol–water partition coefficient (Wildman–Crippen LogP) is 1.45. The number of fused-ring (bicyclic) bond motifs is 1. The Hall–Kier alpha value is -1.75. The number of likely N-dealkylation sites (N-methyl/N-ethyl adjacent to an activating group) is 1. The molecule has 0 spiro atoms. The maximum Gasteiger partial charge on any atom is 0.262 e. The van der Waals surface area contributed by atoms with Gasteiger partial charge in [0.2, 0.25) is 0 Å². The van der Waals surface area contributed by atoms with Gasteiger partial charge in [-0.1, -0.05) is 13.8 Å². The molecule has 1 heterocycles. The Kier molecular flexibility index (Phi) is 4.27. The number of carbonyl (C=O) groups excluding carboxylic acids is 1. The Morgan fingerprint density at radius 3 is 3.00 bits per heavy atom. The number of nitrogens with one attached hydrogen (secondary N) is 2. The first-order chi connectivity index (χ1) is 9.06. The molecule has 104 valence electrons. The van der Waals surface area contributed by atoms with Crippen molar-refractivity contribution in [3.63, 3.8) is 0 Å². The molecule has 1 aliphatic heterocycles. The molecule has 0 bridgehead atoms. The van der Waals surface area contributed by atoms with Gasteiger partial charge in [-0.25, -0.2) is 0 Å². The van der Waals surface area contributed by atoms with Crippen LogP contribution in [0, 0.1) is 0 Å². The molecular weight excluding hydrogens is 242 g/mol. The maximum atomic E-state index is 11.3. The normalized spacial score (nSPS) is 13.8. The van der Waals surface area contributed by atoms with E-state index in [2.05, 4.69) is 29.4 Å². The summed E-state index contributed by atoms with van der Waals surface area (Å²) in [6, 6.07) is 6.34. The number of anilines is 2. The summed E-state index contributed by atoms with van der Waals surface area (Å²) in [6.45, 7) is 6.19. The van der Waals surface area contributed by atoms with Gasteiger partial charge in [-0.3, -0.25) is 4.79 Å². The number of rotatable bonds is 5. The van der Waals surface area contributed by atoms with Gasteiger partial charge in [0.25, 0.3) is 5.91 Å². The van der Waals surface area contributed by atoms with E-state index >= 15 is 0 Å². The van der Waals surface area contributed by atoms with E-state index in [0.717, 1.165) is 30.2 Å². The third-order valence-electron chi connectivity index (χ3n) is 3.04. The van der Waals surface area contributed by atoms with Crippen LogP contribution in [0.4, 0.5) is 11.4 Å². The molecule has 0 aromatic heterocycles. The van der Waals surface area contributed by atoms with E-state index in [1.807, 2.05) is 25.2 Å². The molecular formula is C14H21N3O2. The van der Waals surface area contributed by atoms with Gasteiger partial charge in [0.1, 0.15) is 5.75 Å². The van der Waals surface area contributed by atoms with Gasteiger partial charge in [0.05, 0.1) is 5.69 Å². The lowest BCUT2D eigenvalue weighted by Crippen LogP contribution is -2.33. The van der Waals surface area contributed by atoms with E-state index in [1.165, 1.54) is 0 Å². The standard InChI is InChI=1S/C14H21N3O2/c1-10(2)15-6-7-17(3)11-4-5-13-12(8-11)16-14(18)9-19-13/h4-5,8,10,15H,6-7,9H2,1-3H3,(H,16,18). The van der Waals surface area contributed by atoms with Gasteiger partial charge >= 0.3 is 0 Å². The molecule has 0 radical (unpaired) electrons. The highest BCUT2D eigenvalue weighted by Crippen LogP contribution is 2.31. The van der Waals surface area contributed by atoms with Gasteiger partial charge in [-0.15, -0.1) is 0 Å². The lowest BCUT2D eigenvalue weighted by molar-refractivity contribution is -0.118. The van der Waals surface area contributed by atoms with Crippen molar-refractivity contribution in [2.24, 2.45) is 0 Å². The zero-order chi connectivity index (χ0) is 13.8. The molecule has 0 aliphatic carbocycles. The number of hydrogen-bond donors (Lipinski definition) is 2. The number of nitrogens with zero attached hydrogens (tertiary/aromatic N) is 1. The van der Waals surface area contributed by atoms with E-state index in [4.69, 9.17) is 4.74 Å². The van der Waals surface area contributed by atoms with Crippen LogP contribution in [0.5, 0.6) is 5.75 Å². The van der Waals surface area contributed by atoms with Crippen molar-refractivity contribution in [3.8, 4) is 5.75 Å². The zero-order valence-electron chi connectivity index (χ0n) is 11.7. The van der Waals surface area contributed by atoms with Crippen molar-refractivity contribution in [2.45, 2.75) is 19.9 Å². The summed E-state index contributed by atoms with van der Waals surface area (Å²) in [5, 5.41) is 6.20. The summed E-state index contributed by atoms with van der Waals surface area (Å²) < 4.78 is 5.34. The van der Waals surface area contributed by atoms with E-state index in [-0.39, 0.29) is 12.5 Å². The number of hydrogen-bond acceptors (Lipinski definition) is 4. The fraction of sp³-hybridized carbons (Fsp3) is 0.500. The fourth-order valence-corrected chi connectivity index (χ4v) is 1.96. The van der Waals surface area contributed by atoms with Crippen molar-refractivity contribution >= 4 is 17.3 Å². The zero-order valence-corrected chi connectivity index (χ0v) is 11.7. The van der Waals surface area contributed by atoms with E-state index in [1.54, 1.807) is 0 Å². The first kappa shape index (κ1) is 13.7. The average Bonchev–Trinajstić information content (AvgIpc) is 2.37. The third kappa shape index (κ3) is 3.61. The Bertz CT molecular complexity index is 460. The summed E-state index contributed by atoms with van der Waals surface area (Å²) in [4.78, 5) is 13.4. The molecule has 1 aromatic carbocycles. The average molecular weight is 263 g/mol. The molecule has 1 aromatic rings. The lowest BCUT2D eigenvalue weighted by Gasteiger charge is -2.24. The van der Waals surface area contributed by atoms with Crippen molar-refractivity contribution in [1.29, 1.82) is 0 Å². The van der Waals surface area contributed by atoms with Gasteiger partial charge in [0.15, 0.2) is 6.61 Å². The van der Waals surface area contributed by atoms with Crippen LogP contribution in [0.25, 0.3) is 0 Å². The largest absolute Gasteiger partial charge is 0.482 e. The number of benzene rings is 1. The SMILES string of the molecule is CC(C)NCCN(C)c1ccc2c(c1)NC(=O)CO2. The predicted molar refractivity (Wildman–Crippen MR) is 77.0 cm³/mol. The van der Waals surface area contributed by atoms with Crippen LogP contribution in [0.1, 0.15) is 13.8 Å². The summed E-state index contributed by atoms with van der Waals surface area (Å²) in [5.74, 6) is 0.630. The summed E-state index contributed by atoms with van der Waals surface area (Å²) in [6.07, 6.45) is 0. The van der Waals surface area contributed by atoms with Crippen LogP contribution >= 0.6 is 0 Å². The van der Waals surface area contributed by atoms with Crippen LogP contribution in [-0.2, 0) is 4.79 Å². The van der Waals surface area contributed by atoms with Crippen LogP contribution in [0.2, 0.25) is 0 Å². The Morgan fingerprint density at radius 1 is 1.47 bits per heavy atom. The van der Waals surface area contributed by atoms with Crippen LogP contribution < -0.4 is 20.3 Å². The smallest absolute Gasteiger partial charge is 0.262 e. The highest BCUT2D eigenvalue weighted by atomic mass is 16.5. The first-order valence-corrected chi connectivity index (χ1v) is 6.57. The molecule has 5 heteroatoms. The lowest BCUT2D eigenvalue weighted by atomic mass is 10.2. The highest BCUT2D eigenvalue weighted by Gasteiger charge is 2.16. The third-order valence-corrected chi connectivity index (χ3v) is 3.04. The maximum absolute atomic E-state index is 11.3. The Morgan fingerprint density at radius 2 is 2.26 bits per heavy atom. The summed E-state index contributed by atoms with van der Waals surface area (Å²) in [7, 11) is 2.04. The summed E-state index contributed by atoms with van der Waals surface area (Å²) in [5.41, 5.74) is 1.81. The quantitative estimate of drug-likeness (QED) is 0.844. The molecule has 0 atom stereocenters. The van der Waals surface area contributed by atoms with E-state index < -0.39 is 0 Å². The van der Waals surface area contributed by atoms with Gasteiger partial charge in [-0.05, 0) is 18.2 Å². The topological polar surface area (TPSA) is 53.6 Å². The first-order valence-electron chi connectivity index (χ1n) is 6.57. The second kappa shape index (κ2) is 5.93. The molecule has 1 amide bonds. The summed E-state index contributed by atoms with van der Waals surface area (Å²) >= 11 is 0. The highest BCUT2D eigenvalue weighted by molar-refractivity contribution is 5.96. The Labute approximate surface area is 113 Å². The molecule has 0 unspecified atom stereocenters. The molecule has 0 saturated carbocycles. The van der Waals surface area contributed by atoms with Crippen LogP contribution in [0.15, 0.2) is 18.2 Å². The van der Waals surface area contributed by atoms with Crippen LogP contribution in [-0.4, -0.2) is 38.7 Å². The van der Waals surface area contributed by atoms with Crippen molar-refractivity contribution in [2.75, 3.05) is 37.0 Å². The molecule has 5 nitrogen and oxygen atoms in total. The second-order valence-electron chi connectivity index (χ2n) is 5.05. The second-order valence-corrected chi connectivity index (χ2v) is 5.05.